The van der Waals surface area contributed by atoms with Gasteiger partial charge in [-0.15, -0.1) is 21.5 Å². The zero-order valence-electron chi connectivity index (χ0n) is 14.1. The summed E-state index contributed by atoms with van der Waals surface area (Å²) in [6, 6.07) is 21.7. The topological polar surface area (TPSA) is 43.6 Å². The predicted molar refractivity (Wildman–Crippen MR) is 110 cm³/mol. The van der Waals surface area contributed by atoms with E-state index in [4.69, 9.17) is 16.7 Å². The van der Waals surface area contributed by atoms with Crippen LogP contribution in [0.2, 0.25) is 5.02 Å². The average Bonchev–Trinajstić information content (AvgIpc) is 3.39. The Hall–Kier alpha value is -3.02. The lowest BCUT2D eigenvalue weighted by Gasteiger charge is -2.03. The summed E-state index contributed by atoms with van der Waals surface area (Å²) in [5.74, 6) is 0. The van der Waals surface area contributed by atoms with Crippen LogP contribution in [0.15, 0.2) is 78.3 Å². The van der Waals surface area contributed by atoms with Gasteiger partial charge in [-0.05, 0) is 35.7 Å². The maximum Gasteiger partial charge on any atom is 0.131 e. The second-order valence-corrected chi connectivity index (χ2v) is 7.44. The molecule has 0 saturated carbocycles. The van der Waals surface area contributed by atoms with Gasteiger partial charge in [0.15, 0.2) is 0 Å². The molecule has 0 bridgehead atoms. The summed E-state index contributed by atoms with van der Waals surface area (Å²) in [6.07, 6.45) is 2.01. The Morgan fingerprint density at radius 1 is 0.815 bits per heavy atom. The minimum absolute atomic E-state index is 0.697. The Bertz CT molecular complexity index is 1210. The van der Waals surface area contributed by atoms with Crippen LogP contribution in [-0.4, -0.2) is 20.0 Å². The SMILES string of the molecule is Clc1ccc(-n2cc3c(-c4ccccc4)nnc(-c4cccs4)c3n2)cc1. The molecule has 0 unspecified atom stereocenters. The van der Waals surface area contributed by atoms with Gasteiger partial charge in [-0.3, -0.25) is 0 Å². The highest BCUT2D eigenvalue weighted by Gasteiger charge is 2.17. The third-order valence-corrected chi connectivity index (χ3v) is 5.47. The second kappa shape index (κ2) is 6.61. The molecule has 0 atom stereocenters. The van der Waals surface area contributed by atoms with E-state index in [-0.39, 0.29) is 0 Å². The Morgan fingerprint density at radius 2 is 1.59 bits per heavy atom. The van der Waals surface area contributed by atoms with Crippen molar-refractivity contribution < 1.29 is 0 Å². The Labute approximate surface area is 164 Å². The first kappa shape index (κ1) is 16.2. The van der Waals surface area contributed by atoms with Gasteiger partial charge < -0.3 is 0 Å². The third kappa shape index (κ3) is 2.91. The average molecular weight is 389 g/mol. The number of aromatic nitrogens is 4. The van der Waals surface area contributed by atoms with Gasteiger partial charge in [0.05, 0.1) is 16.0 Å². The minimum atomic E-state index is 0.697. The van der Waals surface area contributed by atoms with Gasteiger partial charge >= 0.3 is 0 Å². The zero-order valence-corrected chi connectivity index (χ0v) is 15.7. The molecule has 5 aromatic rings. The molecule has 0 aliphatic heterocycles. The van der Waals surface area contributed by atoms with Crippen molar-refractivity contribution in [3.63, 3.8) is 0 Å². The van der Waals surface area contributed by atoms with E-state index in [1.807, 2.05) is 83.0 Å². The van der Waals surface area contributed by atoms with Crippen LogP contribution in [0.5, 0.6) is 0 Å². The summed E-state index contributed by atoms with van der Waals surface area (Å²) in [4.78, 5) is 1.05. The number of rotatable bonds is 3. The minimum Gasteiger partial charge on any atom is -0.240 e. The van der Waals surface area contributed by atoms with Crippen molar-refractivity contribution in [1.82, 2.24) is 20.0 Å². The summed E-state index contributed by atoms with van der Waals surface area (Å²) >= 11 is 7.66. The maximum atomic E-state index is 6.03. The van der Waals surface area contributed by atoms with Crippen LogP contribution >= 0.6 is 22.9 Å². The number of thiophene rings is 1. The Morgan fingerprint density at radius 3 is 2.33 bits per heavy atom. The number of fused-ring (bicyclic) bond motifs is 1. The van der Waals surface area contributed by atoms with Gasteiger partial charge in [0.2, 0.25) is 0 Å². The van der Waals surface area contributed by atoms with Crippen LogP contribution < -0.4 is 0 Å². The van der Waals surface area contributed by atoms with E-state index in [1.54, 1.807) is 11.3 Å². The molecule has 0 saturated heterocycles. The quantitative estimate of drug-likeness (QED) is 0.388. The summed E-state index contributed by atoms with van der Waals surface area (Å²) < 4.78 is 1.86. The monoisotopic (exact) mass is 388 g/mol. The van der Waals surface area contributed by atoms with Crippen LogP contribution in [0.4, 0.5) is 0 Å². The molecule has 0 aliphatic rings. The van der Waals surface area contributed by atoms with E-state index >= 15 is 0 Å². The summed E-state index contributed by atoms with van der Waals surface area (Å²) in [6.45, 7) is 0. The number of hydrogen-bond donors (Lipinski definition) is 0. The van der Waals surface area contributed by atoms with Gasteiger partial charge in [-0.25, -0.2) is 4.68 Å². The lowest BCUT2D eigenvalue weighted by molar-refractivity contribution is 0.895. The molecular weight excluding hydrogens is 376 g/mol. The zero-order chi connectivity index (χ0) is 18.2. The summed E-state index contributed by atoms with van der Waals surface area (Å²) in [5.41, 5.74) is 4.41. The summed E-state index contributed by atoms with van der Waals surface area (Å²) in [5, 5.41) is 17.6. The molecule has 0 aliphatic carbocycles. The lowest BCUT2D eigenvalue weighted by atomic mass is 10.1. The number of hydrogen-bond acceptors (Lipinski definition) is 4. The largest absolute Gasteiger partial charge is 0.240 e. The molecule has 3 heterocycles. The van der Waals surface area contributed by atoms with Crippen molar-refractivity contribution in [3.05, 3.63) is 83.3 Å². The van der Waals surface area contributed by atoms with Crippen molar-refractivity contribution in [2.24, 2.45) is 0 Å². The molecule has 4 nitrogen and oxygen atoms in total. The van der Waals surface area contributed by atoms with Crippen LogP contribution in [0.25, 0.3) is 38.4 Å². The smallest absolute Gasteiger partial charge is 0.131 e. The van der Waals surface area contributed by atoms with Gasteiger partial charge in [-0.2, -0.15) is 5.10 Å². The van der Waals surface area contributed by atoms with E-state index in [1.165, 1.54) is 0 Å². The van der Waals surface area contributed by atoms with Crippen molar-refractivity contribution in [1.29, 1.82) is 0 Å². The van der Waals surface area contributed by atoms with Crippen LogP contribution in [-0.2, 0) is 0 Å². The van der Waals surface area contributed by atoms with Crippen molar-refractivity contribution >= 4 is 33.8 Å². The first-order valence-electron chi connectivity index (χ1n) is 8.41. The van der Waals surface area contributed by atoms with Gasteiger partial charge in [0, 0.05) is 16.8 Å². The number of halogens is 1. The molecule has 0 spiro atoms. The fourth-order valence-electron chi connectivity index (χ4n) is 3.04. The lowest BCUT2D eigenvalue weighted by Crippen LogP contribution is -1.94. The standard InChI is InChI=1S/C21H13ClN4S/c22-15-8-10-16(11-9-15)26-13-17-19(14-5-2-1-3-6-14)23-24-21(20(17)25-26)18-7-4-12-27-18/h1-13H. The van der Waals surface area contributed by atoms with E-state index in [2.05, 4.69) is 10.2 Å². The fraction of sp³-hybridized carbons (Fsp3) is 0. The normalized spacial score (nSPS) is 11.1. The van der Waals surface area contributed by atoms with Crippen LogP contribution in [0.3, 0.4) is 0 Å². The highest BCUT2D eigenvalue weighted by atomic mass is 35.5. The highest BCUT2D eigenvalue weighted by Crippen LogP contribution is 2.33. The first-order valence-corrected chi connectivity index (χ1v) is 9.67. The van der Waals surface area contributed by atoms with Crippen LogP contribution in [0, 0.1) is 0 Å². The Kier molecular flexibility index (Phi) is 3.96. The van der Waals surface area contributed by atoms with E-state index in [0.29, 0.717) is 5.02 Å². The van der Waals surface area contributed by atoms with Crippen LogP contribution in [0.1, 0.15) is 0 Å². The Balaban J connectivity index is 1.78. The maximum absolute atomic E-state index is 6.03. The molecule has 3 aromatic heterocycles. The van der Waals surface area contributed by atoms with Gasteiger partial charge in [-0.1, -0.05) is 48.0 Å². The van der Waals surface area contributed by atoms with Crippen molar-refractivity contribution in [2.45, 2.75) is 0 Å². The molecule has 6 heteroatoms. The molecule has 0 radical (unpaired) electrons. The second-order valence-electron chi connectivity index (χ2n) is 6.05. The third-order valence-electron chi connectivity index (χ3n) is 4.34. The molecule has 0 amide bonds. The highest BCUT2D eigenvalue weighted by molar-refractivity contribution is 7.13. The molecule has 2 aromatic carbocycles. The van der Waals surface area contributed by atoms with E-state index < -0.39 is 0 Å². The molecular formula is C21H13ClN4S. The fourth-order valence-corrected chi connectivity index (χ4v) is 3.87. The first-order chi connectivity index (χ1) is 13.3. The van der Waals surface area contributed by atoms with Crippen molar-refractivity contribution in [2.75, 3.05) is 0 Å². The number of nitrogens with zero attached hydrogens (tertiary/aromatic N) is 4. The predicted octanol–water partition coefficient (Wildman–Crippen LogP) is 5.86. The summed E-state index contributed by atoms with van der Waals surface area (Å²) in [7, 11) is 0. The van der Waals surface area contributed by atoms with Gasteiger partial charge in [0.25, 0.3) is 0 Å². The molecule has 0 N–H and O–H groups in total. The number of benzene rings is 2. The van der Waals surface area contributed by atoms with E-state index in [0.717, 1.165) is 38.4 Å². The van der Waals surface area contributed by atoms with Crippen molar-refractivity contribution in [3.8, 4) is 27.5 Å². The van der Waals surface area contributed by atoms with E-state index in [9.17, 15) is 0 Å². The molecule has 27 heavy (non-hydrogen) atoms. The molecule has 0 fully saturated rings. The molecule has 130 valence electrons. The molecule has 5 rings (SSSR count). The van der Waals surface area contributed by atoms with Gasteiger partial charge in [0.1, 0.15) is 16.9 Å².